The Morgan fingerprint density at radius 1 is 1.22 bits per heavy atom. The minimum atomic E-state index is -0.695. The molecule has 0 unspecified atom stereocenters. The molecule has 1 aliphatic carbocycles. The van der Waals surface area contributed by atoms with Crippen molar-refractivity contribution in [2.24, 2.45) is 5.73 Å². The average molecular weight is 313 g/mol. The third kappa shape index (κ3) is 3.76. The largest absolute Gasteiger partial charge is 0.350 e. The van der Waals surface area contributed by atoms with Gasteiger partial charge in [-0.2, -0.15) is 5.10 Å². The van der Waals surface area contributed by atoms with Crippen LogP contribution >= 0.6 is 0 Å². The second-order valence-electron chi connectivity index (χ2n) is 6.26. The molecule has 0 atom stereocenters. The molecule has 0 aliphatic heterocycles. The lowest BCUT2D eigenvalue weighted by Gasteiger charge is -2.31. The molecule has 2 aromatic rings. The molecule has 1 saturated carbocycles. The first-order valence-electron chi connectivity index (χ1n) is 8.14. The van der Waals surface area contributed by atoms with E-state index in [9.17, 15) is 4.79 Å². The van der Waals surface area contributed by atoms with Gasteiger partial charge in [0.1, 0.15) is 12.7 Å². The number of hydrogen-bond donors (Lipinski definition) is 2. The lowest BCUT2D eigenvalue weighted by atomic mass is 9.82. The second kappa shape index (κ2) is 6.91. The summed E-state index contributed by atoms with van der Waals surface area (Å²) in [5.74, 6) is -0.0345. The summed E-state index contributed by atoms with van der Waals surface area (Å²) in [6.45, 7) is 1.13. The Hall–Kier alpha value is -2.21. The quantitative estimate of drug-likeness (QED) is 0.878. The summed E-state index contributed by atoms with van der Waals surface area (Å²) in [7, 11) is 0. The first-order chi connectivity index (χ1) is 11.2. The number of carbonyl (C=O) groups is 1. The van der Waals surface area contributed by atoms with E-state index in [1.165, 1.54) is 12.7 Å². The molecule has 122 valence electrons. The van der Waals surface area contributed by atoms with Crippen molar-refractivity contribution in [1.29, 1.82) is 0 Å². The zero-order valence-corrected chi connectivity index (χ0v) is 13.2. The van der Waals surface area contributed by atoms with Crippen molar-refractivity contribution in [3.8, 4) is 0 Å². The van der Waals surface area contributed by atoms with Gasteiger partial charge in [-0.05, 0) is 24.0 Å². The molecule has 0 saturated heterocycles. The maximum atomic E-state index is 12.5. The van der Waals surface area contributed by atoms with Gasteiger partial charge in [0, 0.05) is 6.54 Å². The highest BCUT2D eigenvalue weighted by molar-refractivity contribution is 5.86. The number of aromatic nitrogens is 3. The van der Waals surface area contributed by atoms with Gasteiger partial charge in [0.25, 0.3) is 0 Å². The number of nitrogens with one attached hydrogen (secondary N) is 1. The predicted octanol–water partition coefficient (Wildman–Crippen LogP) is 1.60. The lowest BCUT2D eigenvalue weighted by molar-refractivity contribution is -0.127. The molecule has 0 bridgehead atoms. The van der Waals surface area contributed by atoms with Gasteiger partial charge < -0.3 is 11.1 Å². The fraction of sp³-hybridized carbons (Fsp3) is 0.471. The van der Waals surface area contributed by atoms with Gasteiger partial charge in [-0.15, -0.1) is 0 Å². The van der Waals surface area contributed by atoms with Crippen LogP contribution in [0.15, 0.2) is 36.9 Å². The summed E-state index contributed by atoms with van der Waals surface area (Å²) < 4.78 is 1.77. The van der Waals surface area contributed by atoms with E-state index in [1.807, 2.05) is 24.3 Å². The Bertz CT molecular complexity index is 647. The summed E-state index contributed by atoms with van der Waals surface area (Å²) in [6, 6.07) is 8.03. The molecule has 1 aliphatic rings. The van der Waals surface area contributed by atoms with Crippen LogP contribution < -0.4 is 11.1 Å². The van der Waals surface area contributed by atoms with Crippen molar-refractivity contribution in [1.82, 2.24) is 20.1 Å². The Balaban J connectivity index is 1.65. The van der Waals surface area contributed by atoms with Crippen molar-refractivity contribution in [3.05, 3.63) is 48.0 Å². The first-order valence-corrected chi connectivity index (χ1v) is 8.14. The molecule has 3 rings (SSSR count). The van der Waals surface area contributed by atoms with Crippen molar-refractivity contribution in [2.75, 3.05) is 0 Å². The van der Waals surface area contributed by atoms with E-state index in [-0.39, 0.29) is 5.91 Å². The number of hydrogen-bond acceptors (Lipinski definition) is 4. The number of benzene rings is 1. The van der Waals surface area contributed by atoms with E-state index in [2.05, 4.69) is 15.4 Å². The van der Waals surface area contributed by atoms with Crippen molar-refractivity contribution in [2.45, 2.75) is 50.7 Å². The Labute approximate surface area is 136 Å². The Kier molecular flexibility index (Phi) is 4.71. The highest BCUT2D eigenvalue weighted by Crippen LogP contribution is 2.26. The van der Waals surface area contributed by atoms with E-state index in [1.54, 1.807) is 11.0 Å². The van der Waals surface area contributed by atoms with Crippen LogP contribution in [0.5, 0.6) is 0 Å². The van der Waals surface area contributed by atoms with E-state index in [0.717, 1.165) is 36.8 Å². The molecule has 1 aromatic carbocycles. The minimum Gasteiger partial charge on any atom is -0.350 e. The molecule has 1 amide bonds. The monoisotopic (exact) mass is 313 g/mol. The van der Waals surface area contributed by atoms with Crippen LogP contribution in [0.1, 0.15) is 43.2 Å². The zero-order chi connectivity index (χ0) is 16.1. The van der Waals surface area contributed by atoms with Crippen LogP contribution in [0.2, 0.25) is 0 Å². The highest BCUT2D eigenvalue weighted by Gasteiger charge is 2.34. The highest BCUT2D eigenvalue weighted by atomic mass is 16.2. The summed E-state index contributed by atoms with van der Waals surface area (Å²) >= 11 is 0. The molecule has 1 aromatic heterocycles. The number of nitrogens with zero attached hydrogens (tertiary/aromatic N) is 3. The van der Waals surface area contributed by atoms with E-state index in [0.29, 0.717) is 13.1 Å². The topological polar surface area (TPSA) is 85.8 Å². The number of rotatable bonds is 5. The predicted molar refractivity (Wildman–Crippen MR) is 87.4 cm³/mol. The molecule has 6 nitrogen and oxygen atoms in total. The first kappa shape index (κ1) is 15.7. The molecule has 0 radical (unpaired) electrons. The van der Waals surface area contributed by atoms with Crippen LogP contribution in [-0.4, -0.2) is 26.2 Å². The molecule has 23 heavy (non-hydrogen) atoms. The normalized spacial score (nSPS) is 16.9. The van der Waals surface area contributed by atoms with Crippen LogP contribution in [-0.2, 0) is 17.9 Å². The molecule has 6 heteroatoms. The number of amides is 1. The number of nitrogens with two attached hydrogens (primary N) is 1. The minimum absolute atomic E-state index is 0.0345. The molecule has 3 N–H and O–H groups in total. The summed E-state index contributed by atoms with van der Waals surface area (Å²) in [5, 5.41) is 7.15. The summed E-state index contributed by atoms with van der Waals surface area (Å²) in [4.78, 5) is 16.4. The summed E-state index contributed by atoms with van der Waals surface area (Å²) in [6.07, 6.45) is 8.00. The molecular weight excluding hydrogens is 290 g/mol. The maximum Gasteiger partial charge on any atom is 0.240 e. The molecular formula is C17H23N5O. The van der Waals surface area contributed by atoms with Crippen molar-refractivity contribution in [3.63, 3.8) is 0 Å². The Morgan fingerprint density at radius 2 is 1.96 bits per heavy atom. The molecule has 1 fully saturated rings. The van der Waals surface area contributed by atoms with Gasteiger partial charge in [0.2, 0.25) is 5.91 Å². The van der Waals surface area contributed by atoms with Gasteiger partial charge >= 0.3 is 0 Å². The van der Waals surface area contributed by atoms with Crippen molar-refractivity contribution < 1.29 is 4.79 Å². The third-order valence-corrected chi connectivity index (χ3v) is 4.55. The fourth-order valence-electron chi connectivity index (χ4n) is 3.13. The Morgan fingerprint density at radius 3 is 2.65 bits per heavy atom. The van der Waals surface area contributed by atoms with Crippen molar-refractivity contribution >= 4 is 5.91 Å². The van der Waals surface area contributed by atoms with Gasteiger partial charge in [-0.1, -0.05) is 43.5 Å². The van der Waals surface area contributed by atoms with Gasteiger partial charge in [0.05, 0.1) is 12.1 Å². The fourth-order valence-corrected chi connectivity index (χ4v) is 3.13. The van der Waals surface area contributed by atoms with Crippen LogP contribution in [0.25, 0.3) is 0 Å². The van der Waals surface area contributed by atoms with Crippen LogP contribution in [0.3, 0.4) is 0 Å². The van der Waals surface area contributed by atoms with Gasteiger partial charge in [0.15, 0.2) is 0 Å². The maximum absolute atomic E-state index is 12.5. The second-order valence-corrected chi connectivity index (χ2v) is 6.26. The lowest BCUT2D eigenvalue weighted by Crippen LogP contribution is -2.54. The third-order valence-electron chi connectivity index (χ3n) is 4.55. The van der Waals surface area contributed by atoms with E-state index in [4.69, 9.17) is 5.73 Å². The van der Waals surface area contributed by atoms with E-state index < -0.39 is 5.54 Å². The average Bonchev–Trinajstić information content (AvgIpc) is 3.07. The van der Waals surface area contributed by atoms with Gasteiger partial charge in [-0.3, -0.25) is 4.79 Å². The molecule has 0 spiro atoms. The molecule has 1 heterocycles. The van der Waals surface area contributed by atoms with Gasteiger partial charge in [-0.25, -0.2) is 9.67 Å². The standard InChI is InChI=1S/C17H23N5O/c18-17(8-4-1-5-9-17)16(23)20-10-14-6-2-3-7-15(14)11-22-13-19-12-21-22/h2-3,6-7,12-13H,1,4-5,8-11,18H2,(H,20,23). The number of carbonyl (C=O) groups excluding carboxylic acids is 1. The zero-order valence-electron chi connectivity index (χ0n) is 13.2. The SMILES string of the molecule is NC1(C(=O)NCc2ccccc2Cn2cncn2)CCCCC1. The smallest absolute Gasteiger partial charge is 0.240 e. The van der Waals surface area contributed by atoms with Crippen LogP contribution in [0, 0.1) is 0 Å². The van der Waals surface area contributed by atoms with E-state index >= 15 is 0 Å². The van der Waals surface area contributed by atoms with Crippen LogP contribution in [0.4, 0.5) is 0 Å². The summed E-state index contributed by atoms with van der Waals surface area (Å²) in [5.41, 5.74) is 7.78.